The Balaban J connectivity index is 1.82. The molecule has 2 heterocycles. The summed E-state index contributed by atoms with van der Waals surface area (Å²) in [5, 5.41) is 9.93. The van der Waals surface area contributed by atoms with Gasteiger partial charge >= 0.3 is 0 Å². The maximum Gasteiger partial charge on any atom is 0.110 e. The lowest BCUT2D eigenvalue weighted by atomic mass is 10.1. The van der Waals surface area contributed by atoms with Crippen LogP contribution in [0, 0.1) is 0 Å². The third-order valence-electron chi connectivity index (χ3n) is 2.80. The number of hydrogen-bond acceptors (Lipinski definition) is 3. The Labute approximate surface area is 101 Å². The van der Waals surface area contributed by atoms with Crippen LogP contribution in [0.4, 0.5) is 0 Å². The summed E-state index contributed by atoms with van der Waals surface area (Å²) in [5.41, 5.74) is 1.02. The maximum atomic E-state index is 9.93. The van der Waals surface area contributed by atoms with Crippen LogP contribution < -0.4 is 0 Å². The molecule has 0 aromatic carbocycles. The maximum absolute atomic E-state index is 9.93. The molecule has 0 bridgehead atoms. The minimum absolute atomic E-state index is 0.363. The molecule has 0 amide bonds. The topological polar surface area (TPSA) is 50.9 Å². The Bertz CT molecular complexity index is 453. The number of imidazole rings is 1. The van der Waals surface area contributed by atoms with E-state index in [1.807, 2.05) is 36.0 Å². The van der Waals surface area contributed by atoms with E-state index in [2.05, 4.69) is 9.97 Å². The van der Waals surface area contributed by atoms with E-state index in [1.165, 1.54) is 0 Å². The van der Waals surface area contributed by atoms with Crippen molar-refractivity contribution in [2.24, 2.45) is 7.05 Å². The van der Waals surface area contributed by atoms with E-state index in [1.54, 1.807) is 12.4 Å². The molecule has 1 unspecified atom stereocenters. The smallest absolute Gasteiger partial charge is 0.110 e. The number of hydrogen-bond donors (Lipinski definition) is 1. The molecule has 0 aliphatic rings. The highest BCUT2D eigenvalue weighted by Gasteiger charge is 2.09. The standard InChI is InChI=1S/C13H17N3O/c1-16-9-8-15-13(16)10-12(17)6-5-11-4-2-3-7-14-11/h2-4,7-9,12,17H,5-6,10H2,1H3. The average molecular weight is 231 g/mol. The highest BCUT2D eigenvalue weighted by atomic mass is 16.3. The van der Waals surface area contributed by atoms with Gasteiger partial charge in [0.2, 0.25) is 0 Å². The lowest BCUT2D eigenvalue weighted by Crippen LogP contribution is -2.14. The van der Waals surface area contributed by atoms with Crippen molar-refractivity contribution in [3.63, 3.8) is 0 Å². The second-order valence-electron chi connectivity index (χ2n) is 4.17. The van der Waals surface area contributed by atoms with Gasteiger partial charge in [-0.1, -0.05) is 6.07 Å². The Morgan fingerprint density at radius 1 is 1.29 bits per heavy atom. The summed E-state index contributed by atoms with van der Waals surface area (Å²) in [4.78, 5) is 8.43. The molecule has 2 aromatic rings. The van der Waals surface area contributed by atoms with Gasteiger partial charge in [0, 0.05) is 37.8 Å². The summed E-state index contributed by atoms with van der Waals surface area (Å²) in [6.07, 6.45) is 7.16. The molecule has 90 valence electrons. The number of aryl methyl sites for hydroxylation is 2. The Kier molecular flexibility index (Phi) is 3.88. The molecule has 4 heteroatoms. The summed E-state index contributed by atoms with van der Waals surface area (Å²) in [5.74, 6) is 0.915. The van der Waals surface area contributed by atoms with Gasteiger partial charge in [-0.3, -0.25) is 4.98 Å². The van der Waals surface area contributed by atoms with E-state index in [9.17, 15) is 5.11 Å². The van der Waals surface area contributed by atoms with Crippen molar-refractivity contribution >= 4 is 0 Å². The first-order valence-electron chi connectivity index (χ1n) is 5.80. The number of aromatic nitrogens is 3. The van der Waals surface area contributed by atoms with E-state index in [0.717, 1.165) is 17.9 Å². The van der Waals surface area contributed by atoms with Crippen LogP contribution in [-0.4, -0.2) is 25.7 Å². The van der Waals surface area contributed by atoms with Gasteiger partial charge in [-0.2, -0.15) is 0 Å². The Morgan fingerprint density at radius 3 is 2.82 bits per heavy atom. The normalized spacial score (nSPS) is 12.6. The largest absolute Gasteiger partial charge is 0.393 e. The van der Waals surface area contributed by atoms with Gasteiger partial charge < -0.3 is 9.67 Å². The second kappa shape index (κ2) is 5.59. The zero-order valence-electron chi connectivity index (χ0n) is 9.95. The Hall–Kier alpha value is -1.68. The third kappa shape index (κ3) is 3.39. The van der Waals surface area contributed by atoms with Crippen molar-refractivity contribution in [2.75, 3.05) is 0 Å². The monoisotopic (exact) mass is 231 g/mol. The molecule has 0 radical (unpaired) electrons. The van der Waals surface area contributed by atoms with Crippen LogP contribution in [-0.2, 0) is 19.9 Å². The summed E-state index contributed by atoms with van der Waals surface area (Å²) < 4.78 is 1.93. The van der Waals surface area contributed by atoms with Crippen LogP contribution in [0.25, 0.3) is 0 Å². The van der Waals surface area contributed by atoms with Crippen molar-refractivity contribution in [1.82, 2.24) is 14.5 Å². The fourth-order valence-corrected chi connectivity index (χ4v) is 1.77. The van der Waals surface area contributed by atoms with Crippen LogP contribution in [0.15, 0.2) is 36.8 Å². The van der Waals surface area contributed by atoms with Crippen molar-refractivity contribution in [2.45, 2.75) is 25.4 Å². The average Bonchev–Trinajstić information content (AvgIpc) is 2.74. The number of pyridine rings is 1. The molecule has 0 aliphatic carbocycles. The molecular formula is C13H17N3O. The minimum atomic E-state index is -0.363. The van der Waals surface area contributed by atoms with Crippen molar-refractivity contribution in [3.05, 3.63) is 48.3 Å². The first-order chi connectivity index (χ1) is 8.25. The first kappa shape index (κ1) is 11.8. The summed E-state index contributed by atoms with van der Waals surface area (Å²) in [6, 6.07) is 5.84. The van der Waals surface area contributed by atoms with Crippen LogP contribution in [0.3, 0.4) is 0 Å². The third-order valence-corrected chi connectivity index (χ3v) is 2.80. The molecule has 0 fully saturated rings. The van der Waals surface area contributed by atoms with Gasteiger partial charge in [0.05, 0.1) is 6.10 Å². The number of aliphatic hydroxyl groups is 1. The molecule has 0 saturated carbocycles. The molecule has 2 rings (SSSR count). The van der Waals surface area contributed by atoms with Crippen LogP contribution in [0.5, 0.6) is 0 Å². The van der Waals surface area contributed by atoms with Crippen molar-refractivity contribution < 1.29 is 5.11 Å². The summed E-state index contributed by atoms with van der Waals surface area (Å²) >= 11 is 0. The van der Waals surface area contributed by atoms with E-state index >= 15 is 0 Å². The van der Waals surface area contributed by atoms with Gasteiger partial charge in [0.25, 0.3) is 0 Å². The first-order valence-corrected chi connectivity index (χ1v) is 5.80. The SMILES string of the molecule is Cn1ccnc1CC(O)CCc1ccccn1. The quantitative estimate of drug-likeness (QED) is 0.845. The zero-order chi connectivity index (χ0) is 12.1. The minimum Gasteiger partial charge on any atom is -0.393 e. The van der Waals surface area contributed by atoms with Crippen LogP contribution in [0.2, 0.25) is 0 Å². The highest BCUT2D eigenvalue weighted by molar-refractivity contribution is 5.04. The van der Waals surface area contributed by atoms with Crippen molar-refractivity contribution in [1.29, 1.82) is 0 Å². The van der Waals surface area contributed by atoms with Crippen LogP contribution in [0.1, 0.15) is 17.9 Å². The molecule has 1 N–H and O–H groups in total. The molecule has 1 atom stereocenters. The fourth-order valence-electron chi connectivity index (χ4n) is 1.77. The second-order valence-corrected chi connectivity index (χ2v) is 4.17. The van der Waals surface area contributed by atoms with Gasteiger partial charge in [-0.25, -0.2) is 4.98 Å². The fraction of sp³-hybridized carbons (Fsp3) is 0.385. The highest BCUT2D eigenvalue weighted by Crippen LogP contribution is 2.07. The number of nitrogens with zero attached hydrogens (tertiary/aromatic N) is 3. The van der Waals surface area contributed by atoms with Crippen molar-refractivity contribution in [3.8, 4) is 0 Å². The molecule has 0 aliphatic heterocycles. The molecular weight excluding hydrogens is 214 g/mol. The predicted molar refractivity (Wildman–Crippen MR) is 65.5 cm³/mol. The predicted octanol–water partition coefficient (Wildman–Crippen LogP) is 1.35. The van der Waals surface area contributed by atoms with Gasteiger partial charge in [-0.05, 0) is 25.0 Å². The molecule has 4 nitrogen and oxygen atoms in total. The van der Waals surface area contributed by atoms with E-state index in [4.69, 9.17) is 0 Å². The van der Waals surface area contributed by atoms with E-state index < -0.39 is 0 Å². The zero-order valence-corrected chi connectivity index (χ0v) is 9.95. The van der Waals surface area contributed by atoms with Gasteiger partial charge in [-0.15, -0.1) is 0 Å². The molecule has 17 heavy (non-hydrogen) atoms. The van der Waals surface area contributed by atoms with E-state index in [0.29, 0.717) is 12.8 Å². The summed E-state index contributed by atoms with van der Waals surface area (Å²) in [7, 11) is 1.94. The lowest BCUT2D eigenvalue weighted by molar-refractivity contribution is 0.161. The number of rotatable bonds is 5. The van der Waals surface area contributed by atoms with E-state index in [-0.39, 0.29) is 6.10 Å². The van der Waals surface area contributed by atoms with Crippen LogP contribution >= 0.6 is 0 Å². The molecule has 0 spiro atoms. The molecule has 2 aromatic heterocycles. The lowest BCUT2D eigenvalue weighted by Gasteiger charge is -2.09. The number of aliphatic hydroxyl groups excluding tert-OH is 1. The van der Waals surface area contributed by atoms with Gasteiger partial charge in [0.1, 0.15) is 5.82 Å². The summed E-state index contributed by atoms with van der Waals surface area (Å²) in [6.45, 7) is 0. The molecule has 0 saturated heterocycles. The van der Waals surface area contributed by atoms with Gasteiger partial charge in [0.15, 0.2) is 0 Å². The Morgan fingerprint density at radius 2 is 2.18 bits per heavy atom.